The largest absolute Gasteiger partial charge is 0.415 e. The third kappa shape index (κ3) is 5.15. The van der Waals surface area contributed by atoms with Crippen molar-refractivity contribution in [3.63, 3.8) is 0 Å². The van der Waals surface area contributed by atoms with Crippen molar-refractivity contribution in [2.75, 3.05) is 19.0 Å². The quantitative estimate of drug-likeness (QED) is 0.563. The number of aromatic nitrogens is 2. The van der Waals surface area contributed by atoms with Gasteiger partial charge in [0.05, 0.1) is 13.2 Å². The minimum Gasteiger partial charge on any atom is -0.415 e. The Hall–Kier alpha value is -0.590. The van der Waals surface area contributed by atoms with E-state index >= 15 is 0 Å². The van der Waals surface area contributed by atoms with Crippen molar-refractivity contribution >= 4 is 11.8 Å². The molecular formula is C9H17N3O2S. The summed E-state index contributed by atoms with van der Waals surface area (Å²) in [5.74, 6) is 1.86. The summed E-state index contributed by atoms with van der Waals surface area (Å²) in [7, 11) is 0. The second-order valence-corrected chi connectivity index (χ2v) is 4.53. The predicted octanol–water partition coefficient (Wildman–Crippen LogP) is 1.29. The molecule has 0 aromatic carbocycles. The zero-order valence-corrected chi connectivity index (χ0v) is 9.92. The molecule has 0 bridgehead atoms. The molecule has 2 N–H and O–H groups in total. The third-order valence-corrected chi connectivity index (χ3v) is 2.31. The van der Waals surface area contributed by atoms with Crippen LogP contribution in [0.5, 0.6) is 0 Å². The highest BCUT2D eigenvalue weighted by atomic mass is 32.2. The first-order valence-electron chi connectivity index (χ1n) is 4.95. The van der Waals surface area contributed by atoms with Crippen LogP contribution in [-0.4, -0.2) is 29.2 Å². The van der Waals surface area contributed by atoms with Gasteiger partial charge in [0, 0.05) is 12.4 Å². The van der Waals surface area contributed by atoms with Crippen LogP contribution in [0.25, 0.3) is 0 Å². The van der Waals surface area contributed by atoms with Crippen molar-refractivity contribution in [2.45, 2.75) is 25.6 Å². The second kappa shape index (κ2) is 6.81. The second-order valence-electron chi connectivity index (χ2n) is 3.48. The Labute approximate surface area is 93.8 Å². The van der Waals surface area contributed by atoms with Crippen LogP contribution in [0, 0.1) is 5.92 Å². The Kier molecular flexibility index (Phi) is 5.67. The summed E-state index contributed by atoms with van der Waals surface area (Å²) in [6.07, 6.45) is 0. The van der Waals surface area contributed by atoms with Crippen LogP contribution >= 0.6 is 11.8 Å². The average Bonchev–Trinajstić information content (AvgIpc) is 2.65. The summed E-state index contributed by atoms with van der Waals surface area (Å²) in [6, 6.07) is 0. The van der Waals surface area contributed by atoms with Crippen molar-refractivity contribution in [2.24, 2.45) is 11.7 Å². The minimum atomic E-state index is 0.289. The van der Waals surface area contributed by atoms with Crippen molar-refractivity contribution in [3.05, 3.63) is 5.89 Å². The highest BCUT2D eigenvalue weighted by Crippen LogP contribution is 2.15. The molecule has 0 atom stereocenters. The maximum Gasteiger partial charge on any atom is 0.276 e. The van der Waals surface area contributed by atoms with Gasteiger partial charge in [-0.3, -0.25) is 0 Å². The average molecular weight is 231 g/mol. The molecule has 0 fully saturated rings. The van der Waals surface area contributed by atoms with Gasteiger partial charge >= 0.3 is 0 Å². The normalized spacial score (nSPS) is 11.2. The van der Waals surface area contributed by atoms with E-state index in [0.717, 1.165) is 12.4 Å². The maximum atomic E-state index is 5.41. The van der Waals surface area contributed by atoms with Crippen LogP contribution in [0.1, 0.15) is 19.7 Å². The molecule has 15 heavy (non-hydrogen) atoms. The summed E-state index contributed by atoms with van der Waals surface area (Å²) < 4.78 is 10.6. The fourth-order valence-corrected chi connectivity index (χ4v) is 1.52. The molecule has 0 unspecified atom stereocenters. The predicted molar refractivity (Wildman–Crippen MR) is 58.6 cm³/mol. The summed E-state index contributed by atoms with van der Waals surface area (Å²) in [4.78, 5) is 0. The van der Waals surface area contributed by atoms with Crippen LogP contribution in [0.4, 0.5) is 0 Å². The Morgan fingerprint density at radius 2 is 2.27 bits per heavy atom. The number of nitrogens with two attached hydrogens (primary N) is 1. The van der Waals surface area contributed by atoms with E-state index in [-0.39, 0.29) is 6.54 Å². The molecule has 5 nitrogen and oxygen atoms in total. The van der Waals surface area contributed by atoms with Gasteiger partial charge in [0.15, 0.2) is 0 Å². The fourth-order valence-electron chi connectivity index (χ4n) is 0.886. The molecule has 6 heteroatoms. The molecule has 0 aliphatic carbocycles. The van der Waals surface area contributed by atoms with E-state index in [0.29, 0.717) is 23.6 Å². The standard InChI is InChI=1S/C9H17N3O2S/c1-7(2)6-13-3-4-15-9-12-11-8(5-10)14-9/h7H,3-6,10H2,1-2H3. The van der Waals surface area contributed by atoms with Crippen LogP contribution in [0.15, 0.2) is 9.64 Å². The minimum absolute atomic E-state index is 0.289. The van der Waals surface area contributed by atoms with Crippen molar-refractivity contribution < 1.29 is 9.15 Å². The lowest BCUT2D eigenvalue weighted by molar-refractivity contribution is 0.124. The zero-order valence-electron chi connectivity index (χ0n) is 9.10. The van der Waals surface area contributed by atoms with E-state index in [4.69, 9.17) is 14.9 Å². The number of ether oxygens (including phenoxy) is 1. The number of hydrogen-bond donors (Lipinski definition) is 1. The Balaban J connectivity index is 2.09. The Morgan fingerprint density at radius 3 is 2.87 bits per heavy atom. The summed E-state index contributed by atoms with van der Waals surface area (Å²) in [5, 5.41) is 8.15. The molecule has 0 amide bonds. The molecule has 0 radical (unpaired) electrons. The first-order valence-corrected chi connectivity index (χ1v) is 5.94. The van der Waals surface area contributed by atoms with Gasteiger partial charge in [-0.25, -0.2) is 0 Å². The number of nitrogens with zero attached hydrogens (tertiary/aromatic N) is 2. The SMILES string of the molecule is CC(C)COCCSc1nnc(CN)o1. The van der Waals surface area contributed by atoms with Gasteiger partial charge in [0.1, 0.15) is 0 Å². The van der Waals surface area contributed by atoms with Crippen LogP contribution < -0.4 is 5.73 Å². The number of hydrogen-bond acceptors (Lipinski definition) is 6. The van der Waals surface area contributed by atoms with Gasteiger partial charge in [0.2, 0.25) is 5.89 Å². The number of rotatable bonds is 7. The van der Waals surface area contributed by atoms with E-state index in [2.05, 4.69) is 24.0 Å². The van der Waals surface area contributed by atoms with Gasteiger partial charge in [-0.1, -0.05) is 25.6 Å². The number of thioether (sulfide) groups is 1. The zero-order chi connectivity index (χ0) is 11.1. The lowest BCUT2D eigenvalue weighted by Crippen LogP contribution is -2.04. The van der Waals surface area contributed by atoms with Crippen LogP contribution in [-0.2, 0) is 11.3 Å². The van der Waals surface area contributed by atoms with Crippen molar-refractivity contribution in [1.82, 2.24) is 10.2 Å². The first kappa shape index (κ1) is 12.5. The molecule has 0 spiro atoms. The van der Waals surface area contributed by atoms with E-state index in [1.54, 1.807) is 0 Å². The molecular weight excluding hydrogens is 214 g/mol. The molecule has 0 saturated heterocycles. The van der Waals surface area contributed by atoms with E-state index < -0.39 is 0 Å². The molecule has 86 valence electrons. The van der Waals surface area contributed by atoms with Gasteiger partial charge in [-0.05, 0) is 5.92 Å². The monoisotopic (exact) mass is 231 g/mol. The fraction of sp³-hybridized carbons (Fsp3) is 0.778. The molecule has 0 saturated carbocycles. The molecule has 1 rings (SSSR count). The summed E-state index contributed by atoms with van der Waals surface area (Å²) >= 11 is 1.49. The Morgan fingerprint density at radius 1 is 1.47 bits per heavy atom. The maximum absolute atomic E-state index is 5.41. The van der Waals surface area contributed by atoms with Gasteiger partial charge in [0.25, 0.3) is 5.22 Å². The smallest absolute Gasteiger partial charge is 0.276 e. The van der Waals surface area contributed by atoms with Crippen molar-refractivity contribution in [1.29, 1.82) is 0 Å². The topological polar surface area (TPSA) is 74.2 Å². The lowest BCUT2D eigenvalue weighted by Gasteiger charge is -2.04. The van der Waals surface area contributed by atoms with Crippen LogP contribution in [0.2, 0.25) is 0 Å². The summed E-state index contributed by atoms with van der Waals surface area (Å²) in [5.41, 5.74) is 5.34. The summed E-state index contributed by atoms with van der Waals surface area (Å²) in [6.45, 7) is 6.02. The van der Waals surface area contributed by atoms with Crippen molar-refractivity contribution in [3.8, 4) is 0 Å². The van der Waals surface area contributed by atoms with E-state index in [9.17, 15) is 0 Å². The van der Waals surface area contributed by atoms with E-state index in [1.165, 1.54) is 11.8 Å². The molecule has 0 aliphatic heterocycles. The Bertz CT molecular complexity index is 278. The lowest BCUT2D eigenvalue weighted by atomic mass is 10.2. The molecule has 1 aromatic heterocycles. The van der Waals surface area contributed by atoms with Gasteiger partial charge in [-0.15, -0.1) is 10.2 Å². The highest BCUT2D eigenvalue weighted by Gasteiger charge is 2.04. The van der Waals surface area contributed by atoms with Gasteiger partial charge in [-0.2, -0.15) is 0 Å². The first-order chi connectivity index (χ1) is 7.22. The molecule has 1 aromatic rings. The van der Waals surface area contributed by atoms with E-state index in [1.807, 2.05) is 0 Å². The van der Waals surface area contributed by atoms with Crippen LogP contribution in [0.3, 0.4) is 0 Å². The molecule has 0 aliphatic rings. The molecule has 1 heterocycles. The third-order valence-electron chi connectivity index (χ3n) is 1.53. The van der Waals surface area contributed by atoms with Gasteiger partial charge < -0.3 is 14.9 Å². The highest BCUT2D eigenvalue weighted by molar-refractivity contribution is 7.99.